The van der Waals surface area contributed by atoms with Gasteiger partial charge in [0.15, 0.2) is 16.8 Å². The molecule has 160 valence electrons. The Morgan fingerprint density at radius 3 is 2.78 bits per heavy atom. The first kappa shape index (κ1) is 20.9. The molecule has 2 aromatic carbocycles. The molecule has 0 saturated heterocycles. The summed E-state index contributed by atoms with van der Waals surface area (Å²) in [5, 5.41) is 16.0. The van der Waals surface area contributed by atoms with Gasteiger partial charge in [-0.1, -0.05) is 58.9 Å². The van der Waals surface area contributed by atoms with E-state index in [1.807, 2.05) is 40.3 Å². The molecule has 10 heteroatoms. The van der Waals surface area contributed by atoms with Gasteiger partial charge in [0.25, 0.3) is 5.89 Å². The Balaban J connectivity index is 1.40. The summed E-state index contributed by atoms with van der Waals surface area (Å²) in [4.78, 5) is 5.41. The summed E-state index contributed by atoms with van der Waals surface area (Å²) in [6.45, 7) is 0.315. The van der Waals surface area contributed by atoms with Crippen molar-refractivity contribution in [2.75, 3.05) is 0 Å². The zero-order chi connectivity index (χ0) is 21.9. The minimum Gasteiger partial charge on any atom is -0.334 e. The van der Waals surface area contributed by atoms with Gasteiger partial charge in [0.05, 0.1) is 17.2 Å². The Hall–Kier alpha value is -3.01. The highest BCUT2D eigenvalue weighted by Crippen LogP contribution is 2.30. The Kier molecular flexibility index (Phi) is 6.02. The minimum atomic E-state index is -0.265. The predicted molar refractivity (Wildman–Crippen MR) is 123 cm³/mol. The van der Waals surface area contributed by atoms with Gasteiger partial charge in [-0.2, -0.15) is 4.98 Å². The van der Waals surface area contributed by atoms with Crippen LogP contribution in [0.2, 0.25) is 5.02 Å². The number of nitrogens with zero attached hydrogens (tertiary/aromatic N) is 5. The largest absolute Gasteiger partial charge is 0.334 e. The lowest BCUT2D eigenvalue weighted by Crippen LogP contribution is -2.05. The summed E-state index contributed by atoms with van der Waals surface area (Å²) in [5.74, 6) is 1.76. The number of halogens is 2. The smallest absolute Gasteiger partial charge is 0.258 e. The first-order chi connectivity index (χ1) is 15.7. The minimum absolute atomic E-state index is 0.265. The molecule has 0 aliphatic heterocycles. The number of aromatic nitrogens is 5. The number of hydrogen-bond donors (Lipinski definition) is 0. The van der Waals surface area contributed by atoms with Crippen molar-refractivity contribution in [2.24, 2.45) is 0 Å². The van der Waals surface area contributed by atoms with E-state index in [1.165, 1.54) is 17.8 Å². The maximum Gasteiger partial charge on any atom is 0.258 e. The average Bonchev–Trinajstić information content (AvgIpc) is 3.55. The molecular weight excluding hydrogens is 469 g/mol. The molecule has 0 bridgehead atoms. The van der Waals surface area contributed by atoms with Gasteiger partial charge in [0.1, 0.15) is 5.82 Å². The molecule has 0 saturated carbocycles. The van der Waals surface area contributed by atoms with Gasteiger partial charge in [-0.15, -0.1) is 21.5 Å². The van der Waals surface area contributed by atoms with Gasteiger partial charge in [-0.3, -0.25) is 4.57 Å². The SMILES string of the molecule is Fc1ccccc1Cn1c(SCc2noc(-c3cccc(Cl)c3)n2)nnc1-c1cccs1. The lowest BCUT2D eigenvalue weighted by Gasteiger charge is -2.10. The third kappa shape index (κ3) is 4.45. The van der Waals surface area contributed by atoms with Gasteiger partial charge in [0.2, 0.25) is 0 Å². The van der Waals surface area contributed by atoms with E-state index in [4.69, 9.17) is 16.1 Å². The Bertz CT molecular complexity index is 1350. The van der Waals surface area contributed by atoms with Crippen LogP contribution in [-0.2, 0) is 12.3 Å². The van der Waals surface area contributed by atoms with E-state index in [0.29, 0.717) is 45.6 Å². The molecule has 0 unspecified atom stereocenters. The highest BCUT2D eigenvalue weighted by atomic mass is 35.5. The maximum absolute atomic E-state index is 14.3. The Labute approximate surface area is 196 Å². The molecule has 3 aromatic heterocycles. The molecule has 5 rings (SSSR count). The zero-order valence-electron chi connectivity index (χ0n) is 16.5. The number of thioether (sulfide) groups is 1. The van der Waals surface area contributed by atoms with Gasteiger partial charge in [-0.05, 0) is 35.7 Å². The summed E-state index contributed by atoms with van der Waals surface area (Å²) >= 11 is 9.02. The number of rotatable bonds is 7. The summed E-state index contributed by atoms with van der Waals surface area (Å²) in [6.07, 6.45) is 0. The molecule has 6 nitrogen and oxygen atoms in total. The molecule has 0 N–H and O–H groups in total. The molecule has 0 atom stereocenters. The fourth-order valence-electron chi connectivity index (χ4n) is 3.10. The first-order valence-corrected chi connectivity index (χ1v) is 11.8. The van der Waals surface area contributed by atoms with Crippen molar-refractivity contribution in [1.82, 2.24) is 24.9 Å². The van der Waals surface area contributed by atoms with E-state index in [2.05, 4.69) is 20.3 Å². The van der Waals surface area contributed by atoms with Crippen LogP contribution in [0.5, 0.6) is 0 Å². The van der Waals surface area contributed by atoms with Crippen LogP contribution in [0.3, 0.4) is 0 Å². The van der Waals surface area contributed by atoms with Crippen molar-refractivity contribution in [3.63, 3.8) is 0 Å². The highest BCUT2D eigenvalue weighted by Gasteiger charge is 2.18. The second-order valence-corrected chi connectivity index (χ2v) is 9.10. The second-order valence-electron chi connectivity index (χ2n) is 6.78. The molecule has 0 radical (unpaired) electrons. The normalized spacial score (nSPS) is 11.2. The van der Waals surface area contributed by atoms with E-state index in [1.54, 1.807) is 35.6 Å². The summed E-state index contributed by atoms with van der Waals surface area (Å²) in [6, 6.07) is 17.9. The fraction of sp³-hybridized carbons (Fsp3) is 0.0909. The van der Waals surface area contributed by atoms with Crippen molar-refractivity contribution in [2.45, 2.75) is 17.5 Å². The van der Waals surface area contributed by atoms with Crippen molar-refractivity contribution in [3.05, 3.63) is 88.3 Å². The molecule has 0 amide bonds. The fourth-order valence-corrected chi connectivity index (χ4v) is 4.79. The van der Waals surface area contributed by atoms with E-state index in [0.717, 1.165) is 10.4 Å². The summed E-state index contributed by atoms with van der Waals surface area (Å²) in [7, 11) is 0. The van der Waals surface area contributed by atoms with Crippen LogP contribution in [-0.4, -0.2) is 24.9 Å². The zero-order valence-corrected chi connectivity index (χ0v) is 18.9. The monoisotopic (exact) mass is 483 g/mol. The lowest BCUT2D eigenvalue weighted by molar-refractivity contribution is 0.425. The van der Waals surface area contributed by atoms with E-state index in [9.17, 15) is 4.39 Å². The molecule has 0 aliphatic rings. The van der Waals surface area contributed by atoms with Crippen molar-refractivity contribution >= 4 is 34.7 Å². The molecule has 0 aliphatic carbocycles. The molecule has 5 aromatic rings. The van der Waals surface area contributed by atoms with Gasteiger partial charge < -0.3 is 4.52 Å². The van der Waals surface area contributed by atoms with Gasteiger partial charge in [-0.25, -0.2) is 4.39 Å². The Morgan fingerprint density at radius 2 is 1.97 bits per heavy atom. The number of hydrogen-bond acceptors (Lipinski definition) is 7. The third-order valence-electron chi connectivity index (χ3n) is 4.61. The van der Waals surface area contributed by atoms with Crippen molar-refractivity contribution in [3.8, 4) is 22.2 Å². The predicted octanol–water partition coefficient (Wildman–Crippen LogP) is 6.19. The van der Waals surface area contributed by atoms with E-state index >= 15 is 0 Å². The summed E-state index contributed by atoms with van der Waals surface area (Å²) < 4.78 is 21.6. The van der Waals surface area contributed by atoms with Crippen LogP contribution < -0.4 is 0 Å². The number of benzene rings is 2. The molecular formula is C22H15ClFN5OS2. The second kappa shape index (κ2) is 9.23. The van der Waals surface area contributed by atoms with Crippen molar-refractivity contribution < 1.29 is 8.91 Å². The Morgan fingerprint density at radius 1 is 1.06 bits per heavy atom. The molecule has 0 spiro atoms. The number of thiophene rings is 1. The van der Waals surface area contributed by atoms with E-state index in [-0.39, 0.29) is 5.82 Å². The lowest BCUT2D eigenvalue weighted by atomic mass is 10.2. The molecule has 3 heterocycles. The van der Waals surface area contributed by atoms with E-state index < -0.39 is 0 Å². The van der Waals surface area contributed by atoms with Gasteiger partial charge >= 0.3 is 0 Å². The third-order valence-corrected chi connectivity index (χ3v) is 6.68. The topological polar surface area (TPSA) is 69.6 Å². The van der Waals surface area contributed by atoms with Crippen LogP contribution in [0, 0.1) is 5.82 Å². The maximum atomic E-state index is 14.3. The standard InChI is InChI=1S/C22H15ClFN5OS2/c23-16-7-3-6-14(11-16)21-25-19(28-30-21)13-32-22-27-26-20(18-9-4-10-31-18)29(22)12-15-5-1-2-8-17(15)24/h1-11H,12-13H2. The molecule has 32 heavy (non-hydrogen) atoms. The van der Waals surface area contributed by atoms with Crippen LogP contribution in [0.25, 0.3) is 22.2 Å². The van der Waals surface area contributed by atoms with Crippen LogP contribution in [0.15, 0.2) is 75.7 Å². The van der Waals surface area contributed by atoms with Crippen LogP contribution in [0.1, 0.15) is 11.4 Å². The quantitative estimate of drug-likeness (QED) is 0.257. The molecule has 0 fully saturated rings. The van der Waals surface area contributed by atoms with Crippen molar-refractivity contribution in [1.29, 1.82) is 0 Å². The highest BCUT2D eigenvalue weighted by molar-refractivity contribution is 7.98. The summed E-state index contributed by atoms with van der Waals surface area (Å²) in [5.41, 5.74) is 1.32. The van der Waals surface area contributed by atoms with Crippen LogP contribution in [0.4, 0.5) is 4.39 Å². The average molecular weight is 484 g/mol. The van der Waals surface area contributed by atoms with Gasteiger partial charge in [0, 0.05) is 16.1 Å². The first-order valence-electron chi connectivity index (χ1n) is 9.59. The van der Waals surface area contributed by atoms with Crippen LogP contribution >= 0.6 is 34.7 Å².